The Kier molecular flexibility index (Phi) is 4.67. The lowest BCUT2D eigenvalue weighted by Crippen LogP contribution is -2.17. The molecule has 0 saturated carbocycles. The standard InChI is InChI=1S/C15H15N3O4/c1-9-10(15(20)21)8-16-13(17-9)7-14(19)18-11-5-3-4-6-12(11)22-2/h3-6,8H,7H2,1-2H3,(H,18,19)(H,20,21). The third kappa shape index (κ3) is 3.57. The van der Waals surface area contributed by atoms with Gasteiger partial charge in [-0.05, 0) is 19.1 Å². The summed E-state index contributed by atoms with van der Waals surface area (Å²) in [4.78, 5) is 30.8. The molecule has 2 aromatic rings. The molecule has 0 bridgehead atoms. The van der Waals surface area contributed by atoms with Gasteiger partial charge in [-0.1, -0.05) is 12.1 Å². The molecule has 7 nitrogen and oxygen atoms in total. The molecule has 1 aromatic heterocycles. The van der Waals surface area contributed by atoms with Gasteiger partial charge in [0.2, 0.25) is 5.91 Å². The van der Waals surface area contributed by atoms with E-state index in [1.807, 2.05) is 0 Å². The number of nitrogens with one attached hydrogen (secondary N) is 1. The summed E-state index contributed by atoms with van der Waals surface area (Å²) in [5.74, 6) is -0.599. The van der Waals surface area contributed by atoms with Crippen molar-refractivity contribution in [1.29, 1.82) is 0 Å². The number of carboxylic acid groups (broad SMARTS) is 1. The van der Waals surface area contributed by atoms with Crippen molar-refractivity contribution in [3.63, 3.8) is 0 Å². The summed E-state index contributed by atoms with van der Waals surface area (Å²) < 4.78 is 5.15. The monoisotopic (exact) mass is 301 g/mol. The number of rotatable bonds is 5. The fourth-order valence-corrected chi connectivity index (χ4v) is 1.90. The van der Waals surface area contributed by atoms with Crippen molar-refractivity contribution in [3.8, 4) is 5.75 Å². The van der Waals surface area contributed by atoms with Crippen molar-refractivity contribution >= 4 is 17.6 Å². The van der Waals surface area contributed by atoms with Crippen LogP contribution in [-0.4, -0.2) is 34.1 Å². The maximum absolute atomic E-state index is 12.0. The summed E-state index contributed by atoms with van der Waals surface area (Å²) in [5.41, 5.74) is 0.894. The highest BCUT2D eigenvalue weighted by molar-refractivity contribution is 5.93. The van der Waals surface area contributed by atoms with Crippen LogP contribution in [0.15, 0.2) is 30.5 Å². The number of anilines is 1. The fourth-order valence-electron chi connectivity index (χ4n) is 1.90. The molecule has 0 spiro atoms. The van der Waals surface area contributed by atoms with Crippen LogP contribution in [0.2, 0.25) is 0 Å². The Labute approximate surface area is 127 Å². The van der Waals surface area contributed by atoms with Crippen LogP contribution in [0.25, 0.3) is 0 Å². The minimum atomic E-state index is -1.09. The number of benzene rings is 1. The predicted molar refractivity (Wildman–Crippen MR) is 79.1 cm³/mol. The number of nitrogens with zero attached hydrogens (tertiary/aromatic N) is 2. The van der Waals surface area contributed by atoms with Crippen LogP contribution in [0.3, 0.4) is 0 Å². The molecular weight excluding hydrogens is 286 g/mol. The van der Waals surface area contributed by atoms with Crippen LogP contribution in [0.5, 0.6) is 5.75 Å². The van der Waals surface area contributed by atoms with Crippen LogP contribution >= 0.6 is 0 Å². The normalized spacial score (nSPS) is 10.1. The molecule has 0 aliphatic rings. The maximum atomic E-state index is 12.0. The molecule has 22 heavy (non-hydrogen) atoms. The molecule has 0 atom stereocenters. The van der Waals surface area contributed by atoms with Gasteiger partial charge in [0.05, 0.1) is 30.5 Å². The minimum Gasteiger partial charge on any atom is -0.495 e. The first-order valence-electron chi connectivity index (χ1n) is 6.50. The Bertz CT molecular complexity index is 716. The molecule has 7 heteroatoms. The molecule has 0 aliphatic carbocycles. The van der Waals surface area contributed by atoms with E-state index < -0.39 is 5.97 Å². The summed E-state index contributed by atoms with van der Waals surface area (Å²) in [6.07, 6.45) is 1.15. The Morgan fingerprint density at radius 2 is 2.05 bits per heavy atom. The number of para-hydroxylation sites is 2. The fraction of sp³-hybridized carbons (Fsp3) is 0.200. The number of aryl methyl sites for hydroxylation is 1. The van der Waals surface area contributed by atoms with Gasteiger partial charge in [-0.15, -0.1) is 0 Å². The van der Waals surface area contributed by atoms with Gasteiger partial charge >= 0.3 is 5.97 Å². The molecule has 0 saturated heterocycles. The molecule has 0 aliphatic heterocycles. The predicted octanol–water partition coefficient (Wildman–Crippen LogP) is 1.67. The first-order valence-corrected chi connectivity index (χ1v) is 6.50. The highest BCUT2D eigenvalue weighted by Crippen LogP contribution is 2.23. The second-order valence-electron chi connectivity index (χ2n) is 4.52. The summed E-state index contributed by atoms with van der Waals surface area (Å²) in [7, 11) is 1.52. The summed E-state index contributed by atoms with van der Waals surface area (Å²) in [5, 5.41) is 11.6. The van der Waals surface area contributed by atoms with Crippen molar-refractivity contribution in [2.45, 2.75) is 13.3 Å². The number of hydrogen-bond donors (Lipinski definition) is 2. The van der Waals surface area contributed by atoms with Gasteiger partial charge < -0.3 is 15.2 Å². The molecule has 0 unspecified atom stereocenters. The smallest absolute Gasteiger partial charge is 0.339 e. The van der Waals surface area contributed by atoms with E-state index in [-0.39, 0.29) is 23.7 Å². The maximum Gasteiger partial charge on any atom is 0.339 e. The Hall–Kier alpha value is -2.96. The third-order valence-corrected chi connectivity index (χ3v) is 2.96. The first-order chi connectivity index (χ1) is 10.5. The van der Waals surface area contributed by atoms with Crippen LogP contribution in [0.4, 0.5) is 5.69 Å². The zero-order valence-electron chi connectivity index (χ0n) is 12.2. The highest BCUT2D eigenvalue weighted by Gasteiger charge is 2.13. The average molecular weight is 301 g/mol. The van der Waals surface area contributed by atoms with E-state index in [9.17, 15) is 9.59 Å². The minimum absolute atomic E-state index is 0.0221. The van der Waals surface area contributed by atoms with Crippen LogP contribution in [0, 0.1) is 6.92 Å². The van der Waals surface area contributed by atoms with Gasteiger partial charge in [-0.25, -0.2) is 14.8 Å². The summed E-state index contributed by atoms with van der Waals surface area (Å²) in [6.45, 7) is 1.56. The molecule has 114 valence electrons. The van der Waals surface area contributed by atoms with E-state index in [4.69, 9.17) is 9.84 Å². The Morgan fingerprint density at radius 3 is 2.68 bits per heavy atom. The van der Waals surface area contributed by atoms with Crippen molar-refractivity contribution in [2.75, 3.05) is 12.4 Å². The lowest BCUT2D eigenvalue weighted by molar-refractivity contribution is -0.115. The molecule has 1 heterocycles. The Morgan fingerprint density at radius 1 is 1.32 bits per heavy atom. The van der Waals surface area contributed by atoms with Gasteiger partial charge in [0.1, 0.15) is 11.6 Å². The van der Waals surface area contributed by atoms with Gasteiger partial charge in [-0.2, -0.15) is 0 Å². The van der Waals surface area contributed by atoms with Crippen LogP contribution < -0.4 is 10.1 Å². The van der Waals surface area contributed by atoms with Gasteiger partial charge in [0.25, 0.3) is 0 Å². The molecule has 0 fully saturated rings. The number of carbonyl (C=O) groups is 2. The largest absolute Gasteiger partial charge is 0.495 e. The van der Waals surface area contributed by atoms with Crippen molar-refractivity contribution < 1.29 is 19.4 Å². The third-order valence-electron chi connectivity index (χ3n) is 2.96. The van der Waals surface area contributed by atoms with Crippen LogP contribution in [0.1, 0.15) is 21.9 Å². The molecule has 1 aromatic carbocycles. The summed E-state index contributed by atoms with van der Waals surface area (Å²) in [6, 6.07) is 7.03. The molecule has 2 N–H and O–H groups in total. The number of amides is 1. The first kappa shape index (κ1) is 15.4. The number of ether oxygens (including phenoxy) is 1. The lowest BCUT2D eigenvalue weighted by atomic mass is 10.2. The molecule has 2 rings (SSSR count). The van der Waals surface area contributed by atoms with Gasteiger partial charge in [-0.3, -0.25) is 4.79 Å². The van der Waals surface area contributed by atoms with Crippen LogP contribution in [-0.2, 0) is 11.2 Å². The lowest BCUT2D eigenvalue weighted by Gasteiger charge is -2.09. The van der Waals surface area contributed by atoms with E-state index in [1.165, 1.54) is 13.3 Å². The number of methoxy groups -OCH3 is 1. The average Bonchev–Trinajstić information content (AvgIpc) is 2.47. The van der Waals surface area contributed by atoms with E-state index >= 15 is 0 Å². The quantitative estimate of drug-likeness (QED) is 0.871. The van der Waals surface area contributed by atoms with Crippen molar-refractivity contribution in [3.05, 3.63) is 47.5 Å². The van der Waals surface area contributed by atoms with Crippen molar-refractivity contribution in [2.24, 2.45) is 0 Å². The van der Waals surface area contributed by atoms with Gasteiger partial charge in [0.15, 0.2) is 0 Å². The number of carboxylic acids is 1. The molecule has 1 amide bonds. The number of carbonyl (C=O) groups excluding carboxylic acids is 1. The number of aromatic nitrogens is 2. The Balaban J connectivity index is 2.09. The SMILES string of the molecule is COc1ccccc1NC(=O)Cc1ncc(C(=O)O)c(C)n1. The second kappa shape index (κ2) is 6.66. The second-order valence-corrected chi connectivity index (χ2v) is 4.52. The zero-order valence-corrected chi connectivity index (χ0v) is 12.2. The topological polar surface area (TPSA) is 101 Å². The van der Waals surface area contributed by atoms with E-state index in [2.05, 4.69) is 15.3 Å². The summed E-state index contributed by atoms with van der Waals surface area (Å²) >= 11 is 0. The zero-order chi connectivity index (χ0) is 16.1. The molecular formula is C15H15N3O4. The van der Waals surface area contributed by atoms with Crippen molar-refractivity contribution in [1.82, 2.24) is 9.97 Å². The number of aromatic carboxylic acids is 1. The van der Waals surface area contributed by atoms with Gasteiger partial charge in [0, 0.05) is 6.20 Å². The van der Waals surface area contributed by atoms with E-state index in [0.717, 1.165) is 0 Å². The number of hydrogen-bond acceptors (Lipinski definition) is 5. The molecule has 0 radical (unpaired) electrons. The van der Waals surface area contributed by atoms with E-state index in [1.54, 1.807) is 31.2 Å². The highest BCUT2D eigenvalue weighted by atomic mass is 16.5. The van der Waals surface area contributed by atoms with E-state index in [0.29, 0.717) is 17.1 Å².